The molecule has 1 aromatic heterocycles. The highest BCUT2D eigenvalue weighted by molar-refractivity contribution is 5.00. The fourth-order valence-corrected chi connectivity index (χ4v) is 2.00. The normalized spacial score (nSPS) is 33.5. The van der Waals surface area contributed by atoms with Crippen molar-refractivity contribution in [2.75, 3.05) is 6.61 Å². The first kappa shape index (κ1) is 14.7. The van der Waals surface area contributed by atoms with Gasteiger partial charge in [-0.3, -0.25) is 9.36 Å². The summed E-state index contributed by atoms with van der Waals surface area (Å²) in [7, 11) is 0. The van der Waals surface area contributed by atoms with Crippen molar-refractivity contribution in [2.45, 2.75) is 31.0 Å². The Bertz CT molecular complexity index is 641. The Morgan fingerprint density at radius 3 is 2.55 bits per heavy atom. The summed E-state index contributed by atoms with van der Waals surface area (Å²) < 4.78 is 18.4. The molecule has 1 fully saturated rings. The number of aromatic nitrogens is 2. The Morgan fingerprint density at radius 1 is 1.45 bits per heavy atom. The lowest BCUT2D eigenvalue weighted by atomic mass is 9.99. The number of aliphatic hydroxyl groups excluding tert-OH is 3. The molecule has 1 saturated heterocycles. The average Bonchev–Trinajstić information content (AvgIpc) is 2.66. The lowest BCUT2D eigenvalue weighted by molar-refractivity contribution is -0.119. The lowest BCUT2D eigenvalue weighted by Gasteiger charge is -2.24. The van der Waals surface area contributed by atoms with Gasteiger partial charge in [-0.25, -0.2) is 4.79 Å². The van der Waals surface area contributed by atoms with Gasteiger partial charge in [-0.05, 0) is 6.92 Å². The molecule has 2 rings (SSSR count). The van der Waals surface area contributed by atoms with E-state index in [0.717, 1.165) is 0 Å². The van der Waals surface area contributed by atoms with Crippen molar-refractivity contribution in [1.29, 1.82) is 0 Å². The zero-order valence-corrected chi connectivity index (χ0v) is 10.3. The minimum Gasteiger partial charge on any atom is -0.421 e. The van der Waals surface area contributed by atoms with E-state index in [1.165, 1.54) is 6.92 Å². The van der Waals surface area contributed by atoms with Gasteiger partial charge in [0.25, 0.3) is 0 Å². The molecule has 0 bridgehead atoms. The number of ether oxygens (including phenoxy) is 1. The van der Waals surface area contributed by atoms with E-state index in [-0.39, 0.29) is 0 Å². The summed E-state index contributed by atoms with van der Waals surface area (Å²) in [5.74, 6) is -1.45. The van der Waals surface area contributed by atoms with Gasteiger partial charge in [0.05, 0.1) is 12.8 Å². The molecule has 0 saturated carbocycles. The smallest absolute Gasteiger partial charge is 0.366 e. The van der Waals surface area contributed by atoms with Crippen LogP contribution in [0, 0.1) is 5.82 Å². The second-order valence-corrected chi connectivity index (χ2v) is 4.70. The largest absolute Gasteiger partial charge is 0.421 e. The molecular formula is C10H13FN2O7. The van der Waals surface area contributed by atoms with Gasteiger partial charge >= 0.3 is 11.2 Å². The summed E-state index contributed by atoms with van der Waals surface area (Å²) >= 11 is 0. The fraction of sp³-hybridized carbons (Fsp3) is 0.600. The number of hydrogen-bond acceptors (Lipinski definition) is 7. The molecule has 20 heavy (non-hydrogen) atoms. The van der Waals surface area contributed by atoms with Gasteiger partial charge in [0.1, 0.15) is 17.8 Å². The van der Waals surface area contributed by atoms with E-state index in [1.54, 1.807) is 0 Å². The van der Waals surface area contributed by atoms with Crippen LogP contribution in [0.15, 0.2) is 15.8 Å². The highest BCUT2D eigenvalue weighted by atomic mass is 19.1. The molecule has 0 amide bonds. The van der Waals surface area contributed by atoms with Crippen LogP contribution in [0.4, 0.5) is 4.39 Å². The first-order chi connectivity index (χ1) is 9.23. The predicted octanol–water partition coefficient (Wildman–Crippen LogP) is -2.61. The number of rotatable bonds is 2. The third-order valence-corrected chi connectivity index (χ3v) is 3.27. The average molecular weight is 292 g/mol. The van der Waals surface area contributed by atoms with Crippen LogP contribution < -0.4 is 11.2 Å². The second kappa shape index (κ2) is 4.66. The minimum absolute atomic E-state index is 0.422. The van der Waals surface area contributed by atoms with Crippen LogP contribution in [0.3, 0.4) is 0 Å². The maximum Gasteiger partial charge on any atom is 0.366 e. The maximum absolute atomic E-state index is 13.3. The van der Waals surface area contributed by atoms with Crippen LogP contribution in [0.25, 0.3) is 0 Å². The molecule has 1 aromatic rings. The van der Waals surface area contributed by atoms with E-state index < -0.39 is 52.4 Å². The Hall–Kier alpha value is -1.75. The molecular weight excluding hydrogens is 279 g/mol. The third-order valence-electron chi connectivity index (χ3n) is 3.27. The van der Waals surface area contributed by atoms with E-state index in [2.05, 4.69) is 0 Å². The molecule has 0 aliphatic carbocycles. The molecule has 1 aliphatic rings. The predicted molar refractivity (Wildman–Crippen MR) is 59.7 cm³/mol. The van der Waals surface area contributed by atoms with Crippen LogP contribution in [0.5, 0.6) is 0 Å². The van der Waals surface area contributed by atoms with Gasteiger partial charge in [0.15, 0.2) is 6.23 Å². The molecule has 1 aliphatic heterocycles. The molecule has 10 heteroatoms. The molecule has 4 atom stereocenters. The van der Waals surface area contributed by atoms with Crippen LogP contribution in [-0.4, -0.2) is 54.2 Å². The highest BCUT2D eigenvalue weighted by Crippen LogP contribution is 2.35. The first-order valence-electron chi connectivity index (χ1n) is 5.60. The van der Waals surface area contributed by atoms with Gasteiger partial charge in [0.2, 0.25) is 5.82 Å². The number of nitrogens with zero attached hydrogens (tertiary/aromatic N) is 2. The zero-order valence-electron chi connectivity index (χ0n) is 10.3. The number of hydrogen-bond donors (Lipinski definition) is 4. The van der Waals surface area contributed by atoms with E-state index in [4.69, 9.17) is 15.1 Å². The molecule has 4 N–H and O–H groups in total. The molecule has 2 unspecified atom stereocenters. The Kier molecular flexibility index (Phi) is 3.42. The van der Waals surface area contributed by atoms with Gasteiger partial charge in [-0.2, -0.15) is 4.39 Å². The summed E-state index contributed by atoms with van der Waals surface area (Å²) in [6.45, 7) is 0.606. The van der Waals surface area contributed by atoms with Crippen molar-refractivity contribution >= 4 is 0 Å². The van der Waals surface area contributed by atoms with Crippen molar-refractivity contribution < 1.29 is 29.7 Å². The molecule has 112 valence electrons. The summed E-state index contributed by atoms with van der Waals surface area (Å²) in [5, 5.41) is 37.9. The summed E-state index contributed by atoms with van der Waals surface area (Å²) in [6.07, 6.45) is -4.34. The van der Waals surface area contributed by atoms with Crippen LogP contribution >= 0.6 is 0 Å². The van der Waals surface area contributed by atoms with Crippen LogP contribution in [-0.2, 0) is 4.74 Å². The molecule has 0 spiro atoms. The van der Waals surface area contributed by atoms with Gasteiger partial charge < -0.3 is 25.3 Å². The van der Waals surface area contributed by atoms with Crippen molar-refractivity contribution in [2.24, 2.45) is 0 Å². The van der Waals surface area contributed by atoms with Crippen LogP contribution in [0.2, 0.25) is 0 Å². The van der Waals surface area contributed by atoms with Gasteiger partial charge in [0, 0.05) is 0 Å². The topological polar surface area (TPSA) is 134 Å². The van der Waals surface area contributed by atoms with E-state index in [0.29, 0.717) is 10.8 Å². The van der Waals surface area contributed by atoms with E-state index in [9.17, 15) is 24.2 Å². The first-order valence-corrected chi connectivity index (χ1v) is 5.60. The second-order valence-electron chi connectivity index (χ2n) is 4.70. The Labute approximate surface area is 110 Å². The van der Waals surface area contributed by atoms with Crippen molar-refractivity contribution in [3.63, 3.8) is 0 Å². The van der Waals surface area contributed by atoms with E-state index >= 15 is 0 Å². The van der Waals surface area contributed by atoms with Crippen molar-refractivity contribution in [3.05, 3.63) is 32.9 Å². The standard InChI is InChI=1S/C10H13FN2O7/c1-10(3-14)6(16)5(15)8(20-10)12-2-4(11)7(17)13(19)9(12)18/h2,5-6,8,14-16,19H,3H2,1H3/t5?,6?,8-,10-/m0/s1. The number of halogens is 1. The lowest BCUT2D eigenvalue weighted by Crippen LogP contribution is -2.44. The number of aliphatic hydroxyl groups is 3. The SMILES string of the molecule is C[C@@]1(CO)O[C@H](n2cc(F)c(=O)n(O)c2=O)C(O)C1O. The third kappa shape index (κ3) is 1.93. The van der Waals surface area contributed by atoms with E-state index in [1.807, 2.05) is 0 Å². The molecule has 2 heterocycles. The molecule has 0 aromatic carbocycles. The quantitative estimate of drug-likeness (QED) is 0.439. The van der Waals surface area contributed by atoms with Crippen molar-refractivity contribution in [3.8, 4) is 0 Å². The summed E-state index contributed by atoms with van der Waals surface area (Å²) in [6, 6.07) is 0. The molecule has 9 nitrogen and oxygen atoms in total. The molecule has 0 radical (unpaired) electrons. The summed E-state index contributed by atoms with van der Waals surface area (Å²) in [4.78, 5) is 22.7. The monoisotopic (exact) mass is 292 g/mol. The van der Waals surface area contributed by atoms with Gasteiger partial charge in [-0.1, -0.05) is 4.73 Å². The highest BCUT2D eigenvalue weighted by Gasteiger charge is 2.52. The minimum atomic E-state index is -1.67. The maximum atomic E-state index is 13.3. The van der Waals surface area contributed by atoms with Crippen molar-refractivity contribution in [1.82, 2.24) is 9.30 Å². The Morgan fingerprint density at radius 2 is 2.05 bits per heavy atom. The summed E-state index contributed by atoms with van der Waals surface area (Å²) in [5.41, 5.74) is -4.48. The zero-order chi connectivity index (χ0) is 15.2. The Balaban J connectivity index is 2.54. The van der Waals surface area contributed by atoms with Crippen LogP contribution in [0.1, 0.15) is 13.2 Å². The fourth-order valence-electron chi connectivity index (χ4n) is 2.00. The van der Waals surface area contributed by atoms with Gasteiger partial charge in [-0.15, -0.1) is 0 Å².